The molecular formula is C20H25NO3. The van der Waals surface area contributed by atoms with Crippen molar-refractivity contribution in [2.75, 3.05) is 0 Å². The highest BCUT2D eigenvalue weighted by Gasteiger charge is 2.49. The lowest BCUT2D eigenvalue weighted by atomic mass is 9.76. The van der Waals surface area contributed by atoms with Crippen molar-refractivity contribution in [1.82, 2.24) is 5.32 Å². The van der Waals surface area contributed by atoms with Crippen LogP contribution in [-0.2, 0) is 14.3 Å². The fourth-order valence-corrected chi connectivity index (χ4v) is 3.83. The van der Waals surface area contributed by atoms with Crippen LogP contribution in [0.2, 0.25) is 0 Å². The van der Waals surface area contributed by atoms with E-state index < -0.39 is 5.54 Å². The van der Waals surface area contributed by atoms with Crippen LogP contribution in [-0.4, -0.2) is 17.4 Å². The Kier molecular flexibility index (Phi) is 4.24. The van der Waals surface area contributed by atoms with E-state index in [2.05, 4.69) is 12.2 Å². The maximum atomic E-state index is 12.8. The first kappa shape index (κ1) is 16.7. The molecular weight excluding hydrogens is 302 g/mol. The van der Waals surface area contributed by atoms with Crippen LogP contribution in [0.3, 0.4) is 0 Å². The van der Waals surface area contributed by atoms with Crippen LogP contribution >= 0.6 is 0 Å². The molecule has 1 N–H and O–H groups in total. The van der Waals surface area contributed by atoms with Gasteiger partial charge in [0.25, 0.3) is 5.91 Å². The highest BCUT2D eigenvalue weighted by molar-refractivity contribution is 6.24. The molecule has 1 fully saturated rings. The lowest BCUT2D eigenvalue weighted by Crippen LogP contribution is -2.47. The summed E-state index contributed by atoms with van der Waals surface area (Å²) in [5.74, 6) is 0.660. The number of hydrogen-bond donors (Lipinski definition) is 1. The minimum Gasteiger partial charge on any atom is -0.428 e. The van der Waals surface area contributed by atoms with Crippen molar-refractivity contribution in [3.63, 3.8) is 0 Å². The molecule has 0 saturated heterocycles. The van der Waals surface area contributed by atoms with E-state index in [0.29, 0.717) is 17.3 Å². The highest BCUT2D eigenvalue weighted by Crippen LogP contribution is 2.45. The van der Waals surface area contributed by atoms with E-state index in [1.807, 2.05) is 32.0 Å². The maximum Gasteiger partial charge on any atom is 0.307 e. The molecule has 1 spiro atoms. The van der Waals surface area contributed by atoms with E-state index in [4.69, 9.17) is 4.74 Å². The van der Waals surface area contributed by atoms with E-state index in [9.17, 15) is 9.59 Å². The van der Waals surface area contributed by atoms with Gasteiger partial charge in [0.15, 0.2) is 0 Å². The molecule has 0 atom stereocenters. The maximum absolute atomic E-state index is 12.8. The zero-order valence-corrected chi connectivity index (χ0v) is 14.9. The number of benzene rings is 1. The summed E-state index contributed by atoms with van der Waals surface area (Å²) in [6.07, 6.45) is 3.67. The number of carbonyl (C=O) groups excluding carboxylic acids is 2. The summed E-state index contributed by atoms with van der Waals surface area (Å²) in [5, 5.41) is 3.15. The van der Waals surface area contributed by atoms with Crippen molar-refractivity contribution in [3.8, 4) is 0 Å². The summed E-state index contributed by atoms with van der Waals surface area (Å²) >= 11 is 0. The zero-order chi connectivity index (χ0) is 17.5. The number of esters is 1. The van der Waals surface area contributed by atoms with Gasteiger partial charge in [-0.25, -0.2) is 0 Å². The normalized spacial score (nSPS) is 26.7. The number of nitrogens with one attached hydrogen (secondary N) is 1. The van der Waals surface area contributed by atoms with Gasteiger partial charge in [0.2, 0.25) is 0 Å². The second-order valence-corrected chi connectivity index (χ2v) is 7.33. The van der Waals surface area contributed by atoms with Gasteiger partial charge in [-0.15, -0.1) is 0 Å². The summed E-state index contributed by atoms with van der Waals surface area (Å²) in [7, 11) is 0. The van der Waals surface area contributed by atoms with Gasteiger partial charge in [-0.3, -0.25) is 9.59 Å². The highest BCUT2D eigenvalue weighted by atomic mass is 16.5. The third kappa shape index (κ3) is 2.85. The zero-order valence-electron chi connectivity index (χ0n) is 14.9. The molecule has 0 radical (unpaired) electrons. The summed E-state index contributed by atoms with van der Waals surface area (Å²) in [6.45, 7) is 7.61. The summed E-state index contributed by atoms with van der Waals surface area (Å²) in [4.78, 5) is 24.6. The fraction of sp³-hybridized carbons (Fsp3) is 0.500. The Bertz CT molecular complexity index is 724. The third-order valence-corrected chi connectivity index (χ3v) is 5.28. The second kappa shape index (κ2) is 6.08. The standard InChI is InChI=1S/C20H25NO3/c1-12-7-9-20(10-8-12)18(24-15(4)22)17(19(23)21-20)16-11-13(2)5-6-14(16)3/h5-6,11-12H,7-10H2,1-4H3,(H,21,23). The molecule has 4 heteroatoms. The van der Waals surface area contributed by atoms with Crippen LogP contribution < -0.4 is 5.32 Å². The number of rotatable bonds is 2. The summed E-state index contributed by atoms with van der Waals surface area (Å²) < 4.78 is 5.63. The first-order valence-corrected chi connectivity index (χ1v) is 8.66. The quantitative estimate of drug-likeness (QED) is 0.844. The molecule has 1 aliphatic carbocycles. The predicted octanol–water partition coefficient (Wildman–Crippen LogP) is 3.66. The van der Waals surface area contributed by atoms with Crippen molar-refractivity contribution in [2.45, 2.75) is 58.9 Å². The lowest BCUT2D eigenvalue weighted by molar-refractivity contribution is -0.138. The van der Waals surface area contributed by atoms with Crippen molar-refractivity contribution in [1.29, 1.82) is 0 Å². The minimum absolute atomic E-state index is 0.130. The first-order chi connectivity index (χ1) is 11.3. The second-order valence-electron chi connectivity index (χ2n) is 7.33. The molecule has 128 valence electrons. The molecule has 1 aromatic carbocycles. The molecule has 1 amide bonds. The monoisotopic (exact) mass is 327 g/mol. The van der Waals surface area contributed by atoms with Crippen LogP contribution in [0.5, 0.6) is 0 Å². The van der Waals surface area contributed by atoms with Crippen LogP contribution in [0, 0.1) is 19.8 Å². The Morgan fingerprint density at radius 3 is 2.54 bits per heavy atom. The summed E-state index contributed by atoms with van der Waals surface area (Å²) in [5.41, 5.74) is 2.95. The number of hydrogen-bond acceptors (Lipinski definition) is 3. The molecule has 1 aromatic rings. The van der Waals surface area contributed by atoms with Crippen LogP contribution in [0.1, 0.15) is 56.2 Å². The average Bonchev–Trinajstić information content (AvgIpc) is 2.77. The Hall–Kier alpha value is -2.10. The van der Waals surface area contributed by atoms with Gasteiger partial charge >= 0.3 is 5.97 Å². The molecule has 0 bridgehead atoms. The van der Waals surface area contributed by atoms with Crippen LogP contribution in [0.25, 0.3) is 5.57 Å². The minimum atomic E-state index is -0.527. The van der Waals surface area contributed by atoms with E-state index in [1.165, 1.54) is 6.92 Å². The molecule has 3 rings (SSSR count). The van der Waals surface area contributed by atoms with Gasteiger partial charge in [0.1, 0.15) is 5.76 Å². The van der Waals surface area contributed by atoms with Crippen LogP contribution in [0.15, 0.2) is 24.0 Å². The number of aryl methyl sites for hydroxylation is 2. The smallest absolute Gasteiger partial charge is 0.307 e. The van der Waals surface area contributed by atoms with Gasteiger partial charge in [0, 0.05) is 6.92 Å². The lowest BCUT2D eigenvalue weighted by Gasteiger charge is -2.37. The van der Waals surface area contributed by atoms with Crippen molar-refractivity contribution in [2.24, 2.45) is 5.92 Å². The Morgan fingerprint density at radius 1 is 1.25 bits per heavy atom. The largest absolute Gasteiger partial charge is 0.428 e. The first-order valence-electron chi connectivity index (χ1n) is 8.66. The molecule has 4 nitrogen and oxygen atoms in total. The topological polar surface area (TPSA) is 55.4 Å². The molecule has 1 saturated carbocycles. The van der Waals surface area contributed by atoms with Crippen LogP contribution in [0.4, 0.5) is 0 Å². The molecule has 1 aliphatic heterocycles. The molecule has 0 aromatic heterocycles. The third-order valence-electron chi connectivity index (χ3n) is 5.28. The molecule has 2 aliphatic rings. The predicted molar refractivity (Wildman–Crippen MR) is 93.1 cm³/mol. The van der Waals surface area contributed by atoms with Crippen molar-refractivity contribution >= 4 is 17.4 Å². The van der Waals surface area contributed by atoms with Gasteiger partial charge in [0.05, 0.1) is 11.1 Å². The Labute approximate surface area is 143 Å². The van der Waals surface area contributed by atoms with Gasteiger partial charge in [-0.2, -0.15) is 0 Å². The van der Waals surface area contributed by atoms with Gasteiger partial charge < -0.3 is 10.1 Å². The summed E-state index contributed by atoms with van der Waals surface area (Å²) in [6, 6.07) is 6.03. The van der Waals surface area contributed by atoms with Crippen molar-refractivity contribution < 1.29 is 14.3 Å². The van der Waals surface area contributed by atoms with Gasteiger partial charge in [-0.05, 0) is 56.6 Å². The van der Waals surface area contributed by atoms with E-state index in [1.54, 1.807) is 0 Å². The number of amides is 1. The van der Waals surface area contributed by atoms with E-state index in [0.717, 1.165) is 42.4 Å². The molecule has 0 unspecified atom stereocenters. The number of carbonyl (C=O) groups is 2. The SMILES string of the molecule is CC(=O)OC1=C(c2cc(C)ccc2C)C(=O)NC12CCC(C)CC2. The fourth-order valence-electron chi connectivity index (χ4n) is 3.83. The molecule has 24 heavy (non-hydrogen) atoms. The van der Waals surface area contributed by atoms with E-state index >= 15 is 0 Å². The van der Waals surface area contributed by atoms with Gasteiger partial charge in [-0.1, -0.05) is 30.7 Å². The average molecular weight is 327 g/mol. The Morgan fingerprint density at radius 2 is 1.92 bits per heavy atom. The molecule has 1 heterocycles. The van der Waals surface area contributed by atoms with Crippen molar-refractivity contribution in [3.05, 3.63) is 40.6 Å². The number of ether oxygens (including phenoxy) is 1. The Balaban J connectivity index is 2.15. The van der Waals surface area contributed by atoms with E-state index in [-0.39, 0.29) is 11.9 Å².